The maximum Gasteiger partial charge on any atom is 0.335 e. The molecule has 1 fully saturated rings. The summed E-state index contributed by atoms with van der Waals surface area (Å²) in [5, 5.41) is 22.4. The molecule has 1 aromatic carbocycles. The monoisotopic (exact) mass is 344 g/mol. The van der Waals surface area contributed by atoms with E-state index in [-0.39, 0.29) is 24.1 Å². The molecule has 0 atom stereocenters. The van der Waals surface area contributed by atoms with E-state index in [4.69, 9.17) is 4.52 Å². The van der Waals surface area contributed by atoms with Gasteiger partial charge in [0.05, 0.1) is 12.2 Å². The lowest BCUT2D eigenvalue weighted by Gasteiger charge is -2.32. The number of aryl methyl sites for hydroxylation is 1. The summed E-state index contributed by atoms with van der Waals surface area (Å²) in [6, 6.07) is 7.02. The van der Waals surface area contributed by atoms with Crippen molar-refractivity contribution in [3.05, 3.63) is 52.4 Å². The molecule has 7 nitrogen and oxygen atoms in total. The molecule has 2 heterocycles. The number of amides is 1. The minimum atomic E-state index is -0.929. The molecule has 7 heteroatoms. The predicted molar refractivity (Wildman–Crippen MR) is 88.4 cm³/mol. The van der Waals surface area contributed by atoms with Gasteiger partial charge in [0.25, 0.3) is 5.91 Å². The van der Waals surface area contributed by atoms with Crippen LogP contribution in [0.25, 0.3) is 0 Å². The summed E-state index contributed by atoms with van der Waals surface area (Å²) in [7, 11) is 0. The molecular weight excluding hydrogens is 324 g/mol. The van der Waals surface area contributed by atoms with Gasteiger partial charge in [-0.1, -0.05) is 23.4 Å². The van der Waals surface area contributed by atoms with Crippen molar-refractivity contribution in [2.24, 2.45) is 0 Å². The summed E-state index contributed by atoms with van der Waals surface area (Å²) < 4.78 is 5.01. The number of rotatable bonds is 4. The van der Waals surface area contributed by atoms with Gasteiger partial charge in [-0.15, -0.1) is 0 Å². The highest BCUT2D eigenvalue weighted by atomic mass is 16.5. The Kier molecular flexibility index (Phi) is 4.85. The van der Waals surface area contributed by atoms with Crippen LogP contribution in [-0.4, -0.2) is 45.2 Å². The zero-order chi connectivity index (χ0) is 18.0. The number of hydrogen-bond acceptors (Lipinski definition) is 5. The third kappa shape index (κ3) is 3.28. The van der Waals surface area contributed by atoms with Gasteiger partial charge >= 0.3 is 5.97 Å². The van der Waals surface area contributed by atoms with Crippen LogP contribution in [0.5, 0.6) is 0 Å². The molecule has 0 aliphatic carbocycles. The van der Waals surface area contributed by atoms with Gasteiger partial charge in [0.2, 0.25) is 0 Å². The van der Waals surface area contributed by atoms with Crippen molar-refractivity contribution in [2.75, 3.05) is 13.1 Å². The Balaban J connectivity index is 1.73. The third-order valence-electron chi connectivity index (χ3n) is 4.71. The maximum atomic E-state index is 12.7. The summed E-state index contributed by atoms with van der Waals surface area (Å²) in [4.78, 5) is 25.8. The first kappa shape index (κ1) is 17.2. The van der Waals surface area contributed by atoms with E-state index >= 15 is 0 Å². The first-order chi connectivity index (χ1) is 12.0. The number of piperidine rings is 1. The van der Waals surface area contributed by atoms with Crippen molar-refractivity contribution >= 4 is 11.9 Å². The number of carboxylic acids is 1. The van der Waals surface area contributed by atoms with E-state index in [1.165, 1.54) is 0 Å². The summed E-state index contributed by atoms with van der Waals surface area (Å²) in [6.45, 7) is 2.34. The second kappa shape index (κ2) is 7.06. The highest BCUT2D eigenvalue weighted by molar-refractivity contribution is 5.96. The van der Waals surface area contributed by atoms with E-state index in [0.717, 1.165) is 5.56 Å². The minimum Gasteiger partial charge on any atom is -0.478 e. The molecule has 0 bridgehead atoms. The molecule has 1 amide bonds. The Morgan fingerprint density at radius 2 is 1.96 bits per heavy atom. The van der Waals surface area contributed by atoms with Crippen LogP contribution in [0.1, 0.15) is 56.5 Å². The fourth-order valence-electron chi connectivity index (χ4n) is 3.40. The number of carboxylic acid groups (broad SMARTS) is 1. The first-order valence-electron chi connectivity index (χ1n) is 8.20. The molecule has 2 N–H and O–H groups in total. The number of aromatic nitrogens is 1. The quantitative estimate of drug-likeness (QED) is 0.881. The molecule has 1 aromatic heterocycles. The van der Waals surface area contributed by atoms with Crippen LogP contribution in [0.15, 0.2) is 28.8 Å². The fraction of sp³-hybridized carbons (Fsp3) is 0.389. The number of carbonyl (C=O) groups is 2. The van der Waals surface area contributed by atoms with Crippen molar-refractivity contribution in [1.82, 2.24) is 10.1 Å². The Bertz CT molecular complexity index is 791. The maximum absolute atomic E-state index is 12.7. The number of aliphatic hydroxyl groups is 1. The Morgan fingerprint density at radius 3 is 2.60 bits per heavy atom. The molecule has 2 aromatic rings. The first-order valence-corrected chi connectivity index (χ1v) is 8.20. The van der Waals surface area contributed by atoms with Crippen LogP contribution < -0.4 is 0 Å². The number of likely N-dealkylation sites (tertiary alicyclic amines) is 1. The molecular formula is C18H20N2O5. The van der Waals surface area contributed by atoms with Crippen molar-refractivity contribution in [1.29, 1.82) is 0 Å². The van der Waals surface area contributed by atoms with Gasteiger partial charge in [0, 0.05) is 13.1 Å². The highest BCUT2D eigenvalue weighted by Gasteiger charge is 2.30. The van der Waals surface area contributed by atoms with Gasteiger partial charge in [0.15, 0.2) is 0 Å². The topological polar surface area (TPSA) is 104 Å². The lowest BCUT2D eigenvalue weighted by Crippen LogP contribution is -2.38. The normalized spacial score (nSPS) is 15.4. The Hall–Kier alpha value is -2.67. The van der Waals surface area contributed by atoms with E-state index in [0.29, 0.717) is 42.8 Å². The molecule has 0 saturated carbocycles. The summed E-state index contributed by atoms with van der Waals surface area (Å²) in [6.07, 6.45) is 1.38. The molecule has 0 spiro atoms. The van der Waals surface area contributed by atoms with Gasteiger partial charge in [0.1, 0.15) is 17.0 Å². The van der Waals surface area contributed by atoms with E-state index in [9.17, 15) is 19.8 Å². The van der Waals surface area contributed by atoms with Crippen LogP contribution in [0, 0.1) is 6.92 Å². The number of carbonyl (C=O) groups excluding carboxylic acids is 1. The largest absolute Gasteiger partial charge is 0.478 e. The van der Waals surface area contributed by atoms with Gasteiger partial charge in [-0.25, -0.2) is 4.79 Å². The van der Waals surface area contributed by atoms with Crippen LogP contribution in [0.2, 0.25) is 0 Å². The number of benzene rings is 1. The van der Waals surface area contributed by atoms with Gasteiger partial charge in [-0.3, -0.25) is 4.79 Å². The van der Waals surface area contributed by atoms with Crippen molar-refractivity contribution < 1.29 is 24.3 Å². The number of aromatic carboxylic acids is 1. The SMILES string of the molecule is Cc1onc(CO)c1C(=O)N1CCC(c2ccccc2C(=O)O)CC1. The lowest BCUT2D eigenvalue weighted by molar-refractivity contribution is 0.0678. The Labute approximate surface area is 144 Å². The number of nitrogens with zero attached hydrogens (tertiary/aromatic N) is 2. The van der Waals surface area contributed by atoms with Crippen LogP contribution in [0.4, 0.5) is 0 Å². The highest BCUT2D eigenvalue weighted by Crippen LogP contribution is 2.31. The van der Waals surface area contributed by atoms with Crippen LogP contribution >= 0.6 is 0 Å². The second-order valence-corrected chi connectivity index (χ2v) is 6.18. The number of aliphatic hydroxyl groups excluding tert-OH is 1. The molecule has 1 aliphatic rings. The van der Waals surface area contributed by atoms with E-state index in [1.54, 1.807) is 24.0 Å². The molecule has 0 unspecified atom stereocenters. The minimum absolute atomic E-state index is 0.109. The van der Waals surface area contributed by atoms with E-state index < -0.39 is 5.97 Å². The molecule has 0 radical (unpaired) electrons. The van der Waals surface area contributed by atoms with Gasteiger partial charge in [-0.2, -0.15) is 0 Å². The summed E-state index contributed by atoms with van der Waals surface area (Å²) >= 11 is 0. The molecule has 25 heavy (non-hydrogen) atoms. The molecule has 3 rings (SSSR count). The van der Waals surface area contributed by atoms with E-state index in [1.807, 2.05) is 12.1 Å². The second-order valence-electron chi connectivity index (χ2n) is 6.18. The molecule has 1 aliphatic heterocycles. The summed E-state index contributed by atoms with van der Waals surface area (Å²) in [5.41, 5.74) is 1.72. The van der Waals surface area contributed by atoms with E-state index in [2.05, 4.69) is 5.16 Å². The smallest absolute Gasteiger partial charge is 0.335 e. The molecule has 132 valence electrons. The summed E-state index contributed by atoms with van der Waals surface area (Å²) in [5.74, 6) is -0.626. The van der Waals surface area contributed by atoms with Crippen molar-refractivity contribution in [3.63, 3.8) is 0 Å². The van der Waals surface area contributed by atoms with Gasteiger partial charge in [-0.05, 0) is 37.3 Å². The fourth-order valence-corrected chi connectivity index (χ4v) is 3.40. The zero-order valence-electron chi connectivity index (χ0n) is 13.9. The van der Waals surface area contributed by atoms with Crippen molar-refractivity contribution in [3.8, 4) is 0 Å². The lowest BCUT2D eigenvalue weighted by atomic mass is 9.86. The zero-order valence-corrected chi connectivity index (χ0v) is 13.9. The van der Waals surface area contributed by atoms with Crippen LogP contribution in [-0.2, 0) is 6.61 Å². The standard InChI is InChI=1S/C18H20N2O5/c1-11-16(15(10-21)19-25-11)17(22)20-8-6-12(7-9-20)13-4-2-3-5-14(13)18(23)24/h2-5,12,21H,6-10H2,1H3,(H,23,24). The van der Waals surface area contributed by atoms with Crippen LogP contribution in [0.3, 0.4) is 0 Å². The average Bonchev–Trinajstić information content (AvgIpc) is 3.02. The van der Waals surface area contributed by atoms with Gasteiger partial charge < -0.3 is 19.6 Å². The van der Waals surface area contributed by atoms with Crippen molar-refractivity contribution in [2.45, 2.75) is 32.3 Å². The third-order valence-corrected chi connectivity index (χ3v) is 4.71. The number of hydrogen-bond donors (Lipinski definition) is 2. The predicted octanol–water partition coefficient (Wildman–Crippen LogP) is 2.19. The Morgan fingerprint density at radius 1 is 1.28 bits per heavy atom. The molecule has 1 saturated heterocycles. The average molecular weight is 344 g/mol.